The highest BCUT2D eigenvalue weighted by Crippen LogP contribution is 2.35. The van der Waals surface area contributed by atoms with Gasteiger partial charge in [0.2, 0.25) is 0 Å². The first-order valence-electron chi connectivity index (χ1n) is 8.45. The summed E-state index contributed by atoms with van der Waals surface area (Å²) >= 11 is 0. The number of rotatable bonds is 5. The Labute approximate surface area is 158 Å². The van der Waals surface area contributed by atoms with E-state index in [4.69, 9.17) is 18.9 Å². The van der Waals surface area contributed by atoms with Crippen LogP contribution < -0.4 is 5.56 Å². The van der Waals surface area contributed by atoms with Gasteiger partial charge >= 0.3 is 17.9 Å². The van der Waals surface area contributed by atoms with Crippen LogP contribution in [-0.2, 0) is 33.3 Å². The first-order chi connectivity index (χ1) is 13.3. The zero-order valence-corrected chi connectivity index (χ0v) is 15.4. The van der Waals surface area contributed by atoms with Crippen LogP contribution in [0.2, 0.25) is 0 Å². The molecule has 1 aliphatic rings. The van der Waals surface area contributed by atoms with Gasteiger partial charge in [0.15, 0.2) is 18.4 Å². The Bertz CT molecular complexity index is 965. The molecule has 150 valence electrons. The molecular weight excluding hydrogens is 374 g/mol. The Balaban J connectivity index is 2.02. The van der Waals surface area contributed by atoms with Crippen LogP contribution in [0.15, 0.2) is 23.4 Å². The molecule has 1 saturated heterocycles. The normalized spacial score (nSPS) is 24.1. The van der Waals surface area contributed by atoms with Crippen molar-refractivity contribution in [2.45, 2.75) is 45.3 Å². The highest BCUT2D eigenvalue weighted by atomic mass is 16.7. The van der Waals surface area contributed by atoms with E-state index in [9.17, 15) is 19.2 Å². The zero-order valence-electron chi connectivity index (χ0n) is 15.4. The van der Waals surface area contributed by atoms with Crippen LogP contribution >= 0.6 is 0 Å². The summed E-state index contributed by atoms with van der Waals surface area (Å²) < 4.78 is 23.1. The predicted molar refractivity (Wildman–Crippen MR) is 92.0 cm³/mol. The summed E-state index contributed by atoms with van der Waals surface area (Å²) in [6.45, 7) is 3.42. The lowest BCUT2D eigenvalue weighted by molar-refractivity contribution is -0.166. The van der Waals surface area contributed by atoms with Crippen molar-refractivity contribution in [2.75, 3.05) is 6.61 Å². The molecule has 11 nitrogen and oxygen atoms in total. The van der Waals surface area contributed by atoms with Crippen molar-refractivity contribution in [3.05, 3.63) is 28.9 Å². The van der Waals surface area contributed by atoms with Crippen LogP contribution in [0.25, 0.3) is 11.0 Å². The first kappa shape index (κ1) is 19.5. The van der Waals surface area contributed by atoms with Gasteiger partial charge in [0.05, 0.1) is 11.7 Å². The third kappa shape index (κ3) is 3.88. The highest BCUT2D eigenvalue weighted by Gasteiger charge is 2.50. The molecular formula is C17H19N3O8. The molecule has 28 heavy (non-hydrogen) atoms. The predicted octanol–water partition coefficient (Wildman–Crippen LogP) is 0.0485. The van der Waals surface area contributed by atoms with E-state index in [1.54, 1.807) is 6.20 Å². The quantitative estimate of drug-likeness (QED) is 0.551. The van der Waals surface area contributed by atoms with E-state index < -0.39 is 42.4 Å². The van der Waals surface area contributed by atoms with E-state index in [2.05, 4.69) is 9.97 Å². The number of carbonyl (C=O) groups is 3. The minimum absolute atomic E-state index is 0.214. The lowest BCUT2D eigenvalue weighted by Crippen LogP contribution is -2.40. The third-order valence-electron chi connectivity index (χ3n) is 4.13. The standard InChI is InChI=1S/C17H19N3O8/c1-8(21)25-6-12-13(26-9(2)22)14(27-10(3)23)17(28-12)20-5-4-11-15(20)18-7-19-16(11)24/h4-5,7,12-14,17H,6H2,1-3H3,(H,18,19,24)/t12-,13-,14+,17-/m1/s1. The second-order valence-electron chi connectivity index (χ2n) is 6.21. The summed E-state index contributed by atoms with van der Waals surface area (Å²) in [7, 11) is 0. The number of esters is 3. The number of nitrogens with one attached hydrogen (secondary N) is 1. The molecule has 2 aromatic heterocycles. The number of fused-ring (bicyclic) bond motifs is 1. The highest BCUT2D eigenvalue weighted by molar-refractivity contribution is 5.75. The van der Waals surface area contributed by atoms with Gasteiger partial charge in [0, 0.05) is 27.0 Å². The third-order valence-corrected chi connectivity index (χ3v) is 4.13. The summed E-state index contributed by atoms with van der Waals surface area (Å²) in [5.41, 5.74) is -0.0561. The van der Waals surface area contributed by atoms with Crippen LogP contribution in [0.1, 0.15) is 27.0 Å². The number of carbonyl (C=O) groups excluding carboxylic acids is 3. The topological polar surface area (TPSA) is 139 Å². The molecule has 3 rings (SSSR count). The molecule has 0 bridgehead atoms. The van der Waals surface area contributed by atoms with Gasteiger partial charge < -0.3 is 28.5 Å². The Hall–Kier alpha value is -3.21. The number of nitrogens with zero attached hydrogens (tertiary/aromatic N) is 2. The number of hydrogen-bond donors (Lipinski definition) is 1. The van der Waals surface area contributed by atoms with Crippen LogP contribution in [0.3, 0.4) is 0 Å². The molecule has 3 heterocycles. The SMILES string of the molecule is CC(=O)OC[C@H]1O[C@@H](n2ccc3c(=O)[nH]cnc32)[C@@H](OC(C)=O)[C@@H]1OC(C)=O. The fraction of sp³-hybridized carbons (Fsp3) is 0.471. The van der Waals surface area contributed by atoms with Gasteiger partial charge in [0.1, 0.15) is 18.4 Å². The second-order valence-corrected chi connectivity index (χ2v) is 6.21. The smallest absolute Gasteiger partial charge is 0.303 e. The summed E-state index contributed by atoms with van der Waals surface area (Å²) in [6.07, 6.45) is -1.13. The van der Waals surface area contributed by atoms with Gasteiger partial charge in [-0.1, -0.05) is 0 Å². The van der Waals surface area contributed by atoms with Crippen molar-refractivity contribution in [3.8, 4) is 0 Å². The van der Waals surface area contributed by atoms with E-state index in [1.807, 2.05) is 0 Å². The largest absolute Gasteiger partial charge is 0.463 e. The number of aromatic amines is 1. The fourth-order valence-electron chi connectivity index (χ4n) is 3.10. The zero-order chi connectivity index (χ0) is 20.4. The number of aromatic nitrogens is 3. The maximum Gasteiger partial charge on any atom is 0.303 e. The number of hydrogen-bond acceptors (Lipinski definition) is 9. The van der Waals surface area contributed by atoms with Gasteiger partial charge in [-0.2, -0.15) is 0 Å². The van der Waals surface area contributed by atoms with Gasteiger partial charge in [-0.05, 0) is 6.07 Å². The van der Waals surface area contributed by atoms with Crippen LogP contribution in [0.5, 0.6) is 0 Å². The minimum Gasteiger partial charge on any atom is -0.463 e. The molecule has 4 atom stereocenters. The van der Waals surface area contributed by atoms with Crippen LogP contribution in [0, 0.1) is 0 Å². The molecule has 0 amide bonds. The van der Waals surface area contributed by atoms with Gasteiger partial charge in [-0.15, -0.1) is 0 Å². The van der Waals surface area contributed by atoms with Crippen molar-refractivity contribution < 1.29 is 33.3 Å². The van der Waals surface area contributed by atoms with E-state index in [0.717, 1.165) is 0 Å². The van der Waals surface area contributed by atoms with E-state index >= 15 is 0 Å². The summed E-state index contributed by atoms with van der Waals surface area (Å²) in [4.78, 5) is 53.0. The maximum atomic E-state index is 12.0. The molecule has 0 radical (unpaired) electrons. The second kappa shape index (κ2) is 7.80. The molecule has 0 aromatic carbocycles. The summed E-state index contributed by atoms with van der Waals surface area (Å²) in [5.74, 6) is -1.78. The molecule has 1 aliphatic heterocycles. The molecule has 1 fully saturated rings. The Kier molecular flexibility index (Phi) is 5.45. The average molecular weight is 393 g/mol. The molecule has 2 aromatic rings. The molecule has 1 N–H and O–H groups in total. The molecule has 0 saturated carbocycles. The van der Waals surface area contributed by atoms with Crippen molar-refractivity contribution in [1.29, 1.82) is 0 Å². The summed E-state index contributed by atoms with van der Waals surface area (Å²) in [5, 5.41) is 0.306. The van der Waals surface area contributed by atoms with Crippen molar-refractivity contribution in [2.24, 2.45) is 0 Å². The van der Waals surface area contributed by atoms with Crippen LogP contribution in [0.4, 0.5) is 0 Å². The monoisotopic (exact) mass is 393 g/mol. The Morgan fingerprint density at radius 3 is 2.46 bits per heavy atom. The molecule has 0 unspecified atom stereocenters. The van der Waals surface area contributed by atoms with Crippen molar-refractivity contribution in [1.82, 2.24) is 14.5 Å². The minimum atomic E-state index is -1.04. The molecule has 0 spiro atoms. The van der Waals surface area contributed by atoms with Gasteiger partial charge in [-0.3, -0.25) is 19.2 Å². The summed E-state index contributed by atoms with van der Waals surface area (Å²) in [6, 6.07) is 1.54. The first-order valence-corrected chi connectivity index (χ1v) is 8.45. The number of H-pyrrole nitrogens is 1. The average Bonchev–Trinajstić information content (AvgIpc) is 3.16. The maximum absolute atomic E-state index is 12.0. The lowest BCUT2D eigenvalue weighted by Gasteiger charge is -2.24. The number of ether oxygens (including phenoxy) is 4. The van der Waals surface area contributed by atoms with E-state index in [-0.39, 0.29) is 12.2 Å². The van der Waals surface area contributed by atoms with Gasteiger partial charge in [0.25, 0.3) is 5.56 Å². The van der Waals surface area contributed by atoms with Gasteiger partial charge in [-0.25, -0.2) is 4.98 Å². The Morgan fingerprint density at radius 1 is 1.14 bits per heavy atom. The van der Waals surface area contributed by atoms with Crippen molar-refractivity contribution in [3.63, 3.8) is 0 Å². The van der Waals surface area contributed by atoms with Crippen molar-refractivity contribution >= 4 is 28.9 Å². The molecule has 0 aliphatic carbocycles. The fourth-order valence-corrected chi connectivity index (χ4v) is 3.10. The lowest BCUT2D eigenvalue weighted by atomic mass is 10.1. The molecule has 11 heteroatoms. The van der Waals surface area contributed by atoms with E-state index in [0.29, 0.717) is 11.0 Å². The Morgan fingerprint density at radius 2 is 1.82 bits per heavy atom. The van der Waals surface area contributed by atoms with Crippen LogP contribution in [-0.4, -0.2) is 57.4 Å². The van der Waals surface area contributed by atoms with E-state index in [1.165, 1.54) is 37.7 Å².